The molecule has 0 aromatic heterocycles. The van der Waals surface area contributed by atoms with Crippen LogP contribution in [-0.2, 0) is 17.9 Å². The lowest BCUT2D eigenvalue weighted by Gasteiger charge is -2.20. The summed E-state index contributed by atoms with van der Waals surface area (Å²) in [6.07, 6.45) is 0. The van der Waals surface area contributed by atoms with Gasteiger partial charge in [0.15, 0.2) is 18.1 Å². The van der Waals surface area contributed by atoms with E-state index in [0.717, 1.165) is 16.1 Å². The fourth-order valence-electron chi connectivity index (χ4n) is 2.52. The van der Waals surface area contributed by atoms with Gasteiger partial charge in [-0.05, 0) is 50.1 Å². The van der Waals surface area contributed by atoms with Crippen LogP contribution in [-0.4, -0.2) is 25.2 Å². The summed E-state index contributed by atoms with van der Waals surface area (Å²) in [5.74, 6) is 0.960. The Kier molecular flexibility index (Phi) is 7.51. The van der Waals surface area contributed by atoms with Crippen molar-refractivity contribution in [1.29, 1.82) is 0 Å². The maximum Gasteiger partial charge on any atom is 0.258 e. The Labute approximate surface area is 166 Å². The second kappa shape index (κ2) is 9.62. The molecule has 6 heteroatoms. The molecular weight excluding hydrogens is 364 g/mol. The van der Waals surface area contributed by atoms with Gasteiger partial charge in [-0.1, -0.05) is 35.9 Å². The van der Waals surface area contributed by atoms with Gasteiger partial charge in [0.1, 0.15) is 0 Å². The minimum Gasteiger partial charge on any atom is -0.493 e. The van der Waals surface area contributed by atoms with Crippen molar-refractivity contribution in [2.45, 2.75) is 39.4 Å². The highest BCUT2D eigenvalue weighted by Gasteiger charge is 2.15. The molecule has 0 saturated carbocycles. The molecule has 1 amide bonds. The molecule has 0 unspecified atom stereocenters. The van der Waals surface area contributed by atoms with E-state index in [0.29, 0.717) is 24.6 Å². The minimum atomic E-state index is -0.290. The third kappa shape index (κ3) is 7.12. The van der Waals surface area contributed by atoms with Gasteiger partial charge in [-0.3, -0.25) is 4.79 Å². The Morgan fingerprint density at radius 2 is 1.81 bits per heavy atom. The van der Waals surface area contributed by atoms with E-state index in [9.17, 15) is 4.79 Å². The second-order valence-electron chi connectivity index (χ2n) is 7.27. The van der Waals surface area contributed by atoms with Gasteiger partial charge >= 0.3 is 0 Å². The summed E-state index contributed by atoms with van der Waals surface area (Å²) in [7, 11) is 1.58. The van der Waals surface area contributed by atoms with Crippen molar-refractivity contribution in [3.8, 4) is 11.5 Å². The Morgan fingerprint density at radius 3 is 2.48 bits per heavy atom. The first-order valence-electron chi connectivity index (χ1n) is 8.83. The first-order valence-corrected chi connectivity index (χ1v) is 9.21. The average molecular weight is 391 g/mol. The van der Waals surface area contributed by atoms with Crippen LogP contribution in [0.2, 0.25) is 5.02 Å². The van der Waals surface area contributed by atoms with Crippen molar-refractivity contribution < 1.29 is 14.3 Å². The smallest absolute Gasteiger partial charge is 0.258 e. The zero-order valence-corrected chi connectivity index (χ0v) is 17.0. The Bertz CT molecular complexity index is 772. The summed E-state index contributed by atoms with van der Waals surface area (Å²) in [5.41, 5.74) is 1.81. The summed E-state index contributed by atoms with van der Waals surface area (Å²) >= 11 is 6.17. The van der Waals surface area contributed by atoms with Crippen molar-refractivity contribution in [3.63, 3.8) is 0 Å². The molecule has 146 valence electrons. The Hall–Kier alpha value is -2.24. The maximum absolute atomic E-state index is 11.9. The minimum absolute atomic E-state index is 0.0578. The molecule has 2 rings (SSSR count). The highest BCUT2D eigenvalue weighted by molar-refractivity contribution is 6.31. The van der Waals surface area contributed by atoms with E-state index >= 15 is 0 Å². The SMILES string of the molecule is COc1cc(CNCc2ccccc2Cl)ccc1OCC(=O)NC(C)(C)C. The molecule has 0 bridgehead atoms. The lowest BCUT2D eigenvalue weighted by atomic mass is 10.1. The molecule has 0 atom stereocenters. The second-order valence-corrected chi connectivity index (χ2v) is 7.67. The standard InChI is InChI=1S/C21H27ClN2O3/c1-21(2,3)24-20(25)14-27-18-10-9-15(11-19(18)26-4)12-23-13-16-7-5-6-8-17(16)22/h5-11,23H,12-14H2,1-4H3,(H,24,25). The monoisotopic (exact) mass is 390 g/mol. The highest BCUT2D eigenvalue weighted by Crippen LogP contribution is 2.28. The quantitative estimate of drug-likeness (QED) is 0.717. The van der Waals surface area contributed by atoms with E-state index in [1.54, 1.807) is 7.11 Å². The fourth-order valence-corrected chi connectivity index (χ4v) is 2.72. The van der Waals surface area contributed by atoms with Crippen LogP contribution in [0.15, 0.2) is 42.5 Å². The predicted octanol–water partition coefficient (Wildman–Crippen LogP) is 3.93. The number of nitrogens with one attached hydrogen (secondary N) is 2. The third-order valence-electron chi connectivity index (χ3n) is 3.70. The number of amides is 1. The summed E-state index contributed by atoms with van der Waals surface area (Å²) in [5, 5.41) is 6.97. The fraction of sp³-hybridized carbons (Fsp3) is 0.381. The van der Waals surface area contributed by atoms with Gasteiger partial charge in [0, 0.05) is 23.7 Å². The number of carbonyl (C=O) groups excluding carboxylic acids is 1. The molecule has 0 aliphatic rings. The highest BCUT2D eigenvalue weighted by atomic mass is 35.5. The Morgan fingerprint density at radius 1 is 1.07 bits per heavy atom. The van der Waals surface area contributed by atoms with Crippen LogP contribution < -0.4 is 20.1 Å². The number of hydrogen-bond acceptors (Lipinski definition) is 4. The zero-order valence-electron chi connectivity index (χ0n) is 16.3. The zero-order chi connectivity index (χ0) is 19.9. The molecular formula is C21H27ClN2O3. The van der Waals surface area contributed by atoms with E-state index in [1.165, 1.54) is 0 Å². The van der Waals surface area contributed by atoms with E-state index in [1.807, 2.05) is 63.2 Å². The molecule has 27 heavy (non-hydrogen) atoms. The van der Waals surface area contributed by atoms with Gasteiger partial charge < -0.3 is 20.1 Å². The molecule has 0 spiro atoms. The normalized spacial score (nSPS) is 11.1. The van der Waals surface area contributed by atoms with Crippen LogP contribution >= 0.6 is 11.6 Å². The van der Waals surface area contributed by atoms with Gasteiger partial charge in [-0.15, -0.1) is 0 Å². The molecule has 5 nitrogen and oxygen atoms in total. The number of halogens is 1. The van der Waals surface area contributed by atoms with Gasteiger partial charge in [-0.2, -0.15) is 0 Å². The number of methoxy groups -OCH3 is 1. The van der Waals surface area contributed by atoms with Gasteiger partial charge in [0.2, 0.25) is 0 Å². The third-order valence-corrected chi connectivity index (χ3v) is 4.07. The van der Waals surface area contributed by atoms with Crippen LogP contribution in [0.3, 0.4) is 0 Å². The number of ether oxygens (including phenoxy) is 2. The predicted molar refractivity (Wildman–Crippen MR) is 108 cm³/mol. The van der Waals surface area contributed by atoms with Crippen LogP contribution in [0.1, 0.15) is 31.9 Å². The van der Waals surface area contributed by atoms with E-state index in [2.05, 4.69) is 10.6 Å². The molecule has 0 saturated heterocycles. The number of benzene rings is 2. The summed E-state index contributed by atoms with van der Waals surface area (Å²) in [4.78, 5) is 11.9. The van der Waals surface area contributed by atoms with Crippen molar-refractivity contribution in [3.05, 3.63) is 58.6 Å². The number of hydrogen-bond donors (Lipinski definition) is 2. The number of rotatable bonds is 8. The van der Waals surface area contributed by atoms with Gasteiger partial charge in [-0.25, -0.2) is 0 Å². The molecule has 2 N–H and O–H groups in total. The molecule has 0 aliphatic carbocycles. The summed E-state index contributed by atoms with van der Waals surface area (Å²) in [6.45, 7) is 7.05. The van der Waals surface area contributed by atoms with Gasteiger partial charge in [0.25, 0.3) is 5.91 Å². The van der Waals surface area contributed by atoms with Crippen LogP contribution in [0.25, 0.3) is 0 Å². The lowest BCUT2D eigenvalue weighted by molar-refractivity contribution is -0.124. The first kappa shape index (κ1) is 21.1. The van der Waals surface area contributed by atoms with Crippen molar-refractivity contribution in [2.24, 2.45) is 0 Å². The molecule has 0 aliphatic heterocycles. The molecule has 0 fully saturated rings. The van der Waals surface area contributed by atoms with Crippen molar-refractivity contribution >= 4 is 17.5 Å². The Balaban J connectivity index is 1.91. The largest absolute Gasteiger partial charge is 0.493 e. The van der Waals surface area contributed by atoms with E-state index in [4.69, 9.17) is 21.1 Å². The van der Waals surface area contributed by atoms with Crippen LogP contribution in [0.5, 0.6) is 11.5 Å². The molecule has 2 aromatic carbocycles. The number of carbonyl (C=O) groups is 1. The van der Waals surface area contributed by atoms with Crippen LogP contribution in [0.4, 0.5) is 0 Å². The van der Waals surface area contributed by atoms with Crippen molar-refractivity contribution in [1.82, 2.24) is 10.6 Å². The lowest BCUT2D eigenvalue weighted by Crippen LogP contribution is -2.43. The summed E-state index contributed by atoms with van der Waals surface area (Å²) < 4.78 is 11.0. The molecule has 0 radical (unpaired) electrons. The molecule has 0 heterocycles. The van der Waals surface area contributed by atoms with Gasteiger partial charge in [0.05, 0.1) is 7.11 Å². The maximum atomic E-state index is 11.9. The summed E-state index contributed by atoms with van der Waals surface area (Å²) in [6, 6.07) is 13.4. The van der Waals surface area contributed by atoms with Crippen LogP contribution in [0, 0.1) is 0 Å². The topological polar surface area (TPSA) is 59.6 Å². The van der Waals surface area contributed by atoms with E-state index in [-0.39, 0.29) is 18.1 Å². The van der Waals surface area contributed by atoms with Crippen molar-refractivity contribution in [2.75, 3.05) is 13.7 Å². The first-order chi connectivity index (χ1) is 12.8. The van der Waals surface area contributed by atoms with E-state index < -0.39 is 0 Å². The molecule has 2 aromatic rings. The average Bonchev–Trinajstić information content (AvgIpc) is 2.60.